The van der Waals surface area contributed by atoms with Crippen LogP contribution in [0.1, 0.15) is 21.6 Å². The lowest BCUT2D eigenvalue weighted by Crippen LogP contribution is -2.25. The van der Waals surface area contributed by atoms with Crippen molar-refractivity contribution in [2.45, 2.75) is 18.2 Å². The van der Waals surface area contributed by atoms with Crippen LogP contribution < -0.4 is 14.8 Å². The number of methoxy groups -OCH3 is 1. The Kier molecular flexibility index (Phi) is 6.86. The quantitative estimate of drug-likeness (QED) is 0.574. The molecule has 9 heteroatoms. The molecule has 1 heterocycles. The predicted molar refractivity (Wildman–Crippen MR) is 112 cm³/mol. The number of amides is 1. The van der Waals surface area contributed by atoms with Crippen LogP contribution in [0.3, 0.4) is 0 Å². The molecule has 0 fully saturated rings. The Balaban J connectivity index is 1.93. The van der Waals surface area contributed by atoms with Gasteiger partial charge in [-0.15, -0.1) is 0 Å². The highest BCUT2D eigenvalue weighted by atomic mass is 32.2. The Morgan fingerprint density at radius 3 is 2.35 bits per heavy atom. The van der Waals surface area contributed by atoms with Crippen molar-refractivity contribution in [3.05, 3.63) is 83.3 Å². The number of carbonyl (C=O) groups excluding carboxylic acids is 1. The number of nitrogens with one attached hydrogen (secondary N) is 1. The minimum atomic E-state index is -3.72. The molecule has 2 aromatic carbocycles. The molecule has 0 atom stereocenters. The van der Waals surface area contributed by atoms with Crippen LogP contribution in [0.15, 0.2) is 65.7 Å². The first-order valence-electron chi connectivity index (χ1n) is 9.26. The number of carbonyl (C=O) groups is 1. The fourth-order valence-electron chi connectivity index (χ4n) is 2.72. The van der Waals surface area contributed by atoms with Crippen LogP contribution in [-0.4, -0.2) is 32.7 Å². The van der Waals surface area contributed by atoms with E-state index in [1.807, 2.05) is 30.3 Å². The first kappa shape index (κ1) is 22.2. The highest BCUT2D eigenvalue weighted by Crippen LogP contribution is 2.33. The van der Waals surface area contributed by atoms with Gasteiger partial charge in [0.15, 0.2) is 32.1 Å². The zero-order valence-corrected chi connectivity index (χ0v) is 17.8. The highest BCUT2D eigenvalue weighted by molar-refractivity contribution is 7.90. The maximum atomic E-state index is 13.1. The molecule has 0 unspecified atom stereocenters. The molecule has 0 aliphatic carbocycles. The molecule has 1 N–H and O–H groups in total. The van der Waals surface area contributed by atoms with E-state index in [-0.39, 0.29) is 41.2 Å². The average Bonchev–Trinajstić information content (AvgIpc) is 2.76. The third-order valence-electron chi connectivity index (χ3n) is 4.32. The zero-order valence-electron chi connectivity index (χ0n) is 17.0. The van der Waals surface area contributed by atoms with Crippen molar-refractivity contribution in [3.8, 4) is 11.5 Å². The van der Waals surface area contributed by atoms with Crippen LogP contribution >= 0.6 is 0 Å². The van der Waals surface area contributed by atoms with Gasteiger partial charge in [0.1, 0.15) is 12.4 Å². The number of sulfone groups is 1. The molecule has 0 radical (unpaired) electrons. The van der Waals surface area contributed by atoms with Gasteiger partial charge in [-0.2, -0.15) is 0 Å². The number of halogens is 1. The first-order valence-corrected chi connectivity index (χ1v) is 11.2. The number of aromatic nitrogens is 1. The van der Waals surface area contributed by atoms with Crippen molar-refractivity contribution in [1.82, 2.24) is 10.3 Å². The number of rotatable bonds is 8. The fourth-order valence-corrected chi connectivity index (χ4v) is 3.30. The van der Waals surface area contributed by atoms with Crippen LogP contribution in [0.5, 0.6) is 11.5 Å². The van der Waals surface area contributed by atoms with Gasteiger partial charge in [0.05, 0.1) is 7.11 Å². The molecule has 3 aromatic rings. The molecule has 31 heavy (non-hydrogen) atoms. The molecule has 1 amide bonds. The van der Waals surface area contributed by atoms with Crippen molar-refractivity contribution in [3.63, 3.8) is 0 Å². The number of benzene rings is 2. The lowest BCUT2D eigenvalue weighted by Gasteiger charge is -2.16. The first-order chi connectivity index (χ1) is 14.8. The van der Waals surface area contributed by atoms with Gasteiger partial charge in [0.25, 0.3) is 5.91 Å². The smallest absolute Gasteiger partial charge is 0.274 e. The maximum absolute atomic E-state index is 13.1. The van der Waals surface area contributed by atoms with Crippen molar-refractivity contribution in [2.75, 3.05) is 13.4 Å². The zero-order chi connectivity index (χ0) is 22.4. The van der Waals surface area contributed by atoms with Gasteiger partial charge in [0.2, 0.25) is 0 Å². The molecule has 3 rings (SSSR count). The molecule has 0 aliphatic rings. The van der Waals surface area contributed by atoms with E-state index >= 15 is 0 Å². The average molecular weight is 444 g/mol. The van der Waals surface area contributed by atoms with E-state index in [1.54, 1.807) is 0 Å². The Bertz CT molecular complexity index is 1170. The van der Waals surface area contributed by atoms with E-state index in [4.69, 9.17) is 9.47 Å². The van der Waals surface area contributed by atoms with Crippen LogP contribution in [-0.2, 0) is 23.0 Å². The topological polar surface area (TPSA) is 94.6 Å². The van der Waals surface area contributed by atoms with Gasteiger partial charge in [-0.1, -0.05) is 42.5 Å². The number of nitrogens with zero attached hydrogens (tertiary/aromatic N) is 1. The molecule has 0 spiro atoms. The van der Waals surface area contributed by atoms with Gasteiger partial charge in [-0.3, -0.25) is 4.79 Å². The van der Waals surface area contributed by atoms with Crippen LogP contribution in [0.25, 0.3) is 0 Å². The summed E-state index contributed by atoms with van der Waals surface area (Å²) in [6.07, 6.45) is 0.986. The normalized spacial score (nSPS) is 11.1. The number of hydrogen-bond donors (Lipinski definition) is 1. The number of pyridine rings is 1. The molecule has 0 saturated heterocycles. The summed E-state index contributed by atoms with van der Waals surface area (Å²) in [6, 6.07) is 16.1. The summed E-state index contributed by atoms with van der Waals surface area (Å²) in [5, 5.41) is 2.33. The third kappa shape index (κ3) is 5.79. The van der Waals surface area contributed by atoms with Crippen molar-refractivity contribution in [1.29, 1.82) is 0 Å². The van der Waals surface area contributed by atoms with Gasteiger partial charge in [-0.25, -0.2) is 17.8 Å². The molecule has 7 nitrogen and oxygen atoms in total. The van der Waals surface area contributed by atoms with Crippen LogP contribution in [0, 0.1) is 5.82 Å². The second-order valence-corrected chi connectivity index (χ2v) is 8.66. The second kappa shape index (κ2) is 9.57. The van der Waals surface area contributed by atoms with E-state index in [0.717, 1.165) is 11.8 Å². The lowest BCUT2D eigenvalue weighted by molar-refractivity contribution is 0.0939. The van der Waals surface area contributed by atoms with Gasteiger partial charge in [-0.05, 0) is 23.3 Å². The Morgan fingerprint density at radius 2 is 1.74 bits per heavy atom. The summed E-state index contributed by atoms with van der Waals surface area (Å²) in [4.78, 5) is 16.9. The second-order valence-electron chi connectivity index (χ2n) is 6.70. The van der Waals surface area contributed by atoms with E-state index < -0.39 is 15.7 Å². The molecular formula is C22H21FN2O5S. The fraction of sp³-hybridized carbons (Fsp3) is 0.182. The van der Waals surface area contributed by atoms with E-state index in [9.17, 15) is 17.6 Å². The summed E-state index contributed by atoms with van der Waals surface area (Å²) >= 11 is 0. The molecule has 0 bridgehead atoms. The summed E-state index contributed by atoms with van der Waals surface area (Å²) < 4.78 is 48.3. The Labute approximate surface area is 179 Å². The SMILES string of the molecule is COc1cc(S(C)(=O)=O)nc(C(=O)NCc2ccc(F)cc2)c1OCc1ccccc1. The Morgan fingerprint density at radius 1 is 1.06 bits per heavy atom. The van der Waals surface area contributed by atoms with E-state index in [2.05, 4.69) is 10.3 Å². The minimum absolute atomic E-state index is 0.0235. The Hall–Kier alpha value is -3.46. The molecular weight excluding hydrogens is 423 g/mol. The standard InChI is InChI=1S/C22H21FN2O5S/c1-29-18-12-19(31(2,27)28)25-20(21(18)30-14-16-6-4-3-5-7-16)22(26)24-13-15-8-10-17(23)11-9-15/h3-12H,13-14H2,1-2H3,(H,24,26). The monoisotopic (exact) mass is 444 g/mol. The van der Waals surface area contributed by atoms with E-state index in [1.165, 1.54) is 37.4 Å². The molecule has 0 saturated carbocycles. The lowest BCUT2D eigenvalue weighted by atomic mass is 10.2. The number of ether oxygens (including phenoxy) is 2. The summed E-state index contributed by atoms with van der Waals surface area (Å²) in [6.45, 7) is 0.208. The van der Waals surface area contributed by atoms with Crippen molar-refractivity contribution < 1.29 is 27.1 Å². The van der Waals surface area contributed by atoms with Crippen LogP contribution in [0.4, 0.5) is 4.39 Å². The number of hydrogen-bond acceptors (Lipinski definition) is 6. The maximum Gasteiger partial charge on any atom is 0.274 e. The largest absolute Gasteiger partial charge is 0.493 e. The van der Waals surface area contributed by atoms with Crippen molar-refractivity contribution in [2.24, 2.45) is 0 Å². The molecule has 162 valence electrons. The summed E-state index contributed by atoms with van der Waals surface area (Å²) in [5.41, 5.74) is 1.28. The summed E-state index contributed by atoms with van der Waals surface area (Å²) in [7, 11) is -2.37. The van der Waals surface area contributed by atoms with Crippen LogP contribution in [0.2, 0.25) is 0 Å². The minimum Gasteiger partial charge on any atom is -0.493 e. The third-order valence-corrected chi connectivity index (χ3v) is 5.29. The van der Waals surface area contributed by atoms with Crippen molar-refractivity contribution >= 4 is 15.7 Å². The highest BCUT2D eigenvalue weighted by Gasteiger charge is 2.24. The molecule has 0 aliphatic heterocycles. The summed E-state index contributed by atoms with van der Waals surface area (Å²) in [5.74, 6) is -0.955. The van der Waals surface area contributed by atoms with Gasteiger partial charge in [0, 0.05) is 18.9 Å². The van der Waals surface area contributed by atoms with Gasteiger partial charge < -0.3 is 14.8 Å². The van der Waals surface area contributed by atoms with Gasteiger partial charge >= 0.3 is 0 Å². The molecule has 1 aromatic heterocycles. The predicted octanol–water partition coefficient (Wildman–Crippen LogP) is 3.14. The van der Waals surface area contributed by atoms with E-state index in [0.29, 0.717) is 5.56 Å².